The number of hydrogen-bond acceptors (Lipinski definition) is 2. The molecule has 1 aromatic carbocycles. The molecule has 1 rings (SSSR count). The summed E-state index contributed by atoms with van der Waals surface area (Å²) in [4.78, 5) is 0. The average Bonchev–Trinajstić information content (AvgIpc) is 1.95. The zero-order chi connectivity index (χ0) is 7.56. The van der Waals surface area contributed by atoms with Gasteiger partial charge in [0, 0.05) is 0 Å². The fourth-order valence-corrected chi connectivity index (χ4v) is 0.780. The summed E-state index contributed by atoms with van der Waals surface area (Å²) < 4.78 is 0. The van der Waals surface area contributed by atoms with Crippen LogP contribution in [0.4, 0.5) is 11.4 Å². The molecule has 0 saturated heterocycles. The van der Waals surface area contributed by atoms with Crippen LogP contribution in [0.15, 0.2) is 18.2 Å². The predicted molar refractivity (Wildman–Crippen MR) is 44.3 cm³/mol. The van der Waals surface area contributed by atoms with E-state index in [1.54, 1.807) is 6.07 Å². The van der Waals surface area contributed by atoms with Crippen molar-refractivity contribution in [2.24, 2.45) is 0 Å². The second-order valence-corrected chi connectivity index (χ2v) is 2.21. The first-order valence-corrected chi connectivity index (χ1v) is 3.17. The van der Waals surface area contributed by atoms with E-state index in [2.05, 4.69) is 6.92 Å². The van der Waals surface area contributed by atoms with Crippen LogP contribution in [0.25, 0.3) is 0 Å². The molecule has 0 aromatic heterocycles. The minimum Gasteiger partial charge on any atom is -0.397 e. The Morgan fingerprint density at radius 2 is 1.90 bits per heavy atom. The summed E-state index contributed by atoms with van der Waals surface area (Å²) in [7, 11) is 0. The van der Waals surface area contributed by atoms with E-state index in [0.717, 1.165) is 12.0 Å². The summed E-state index contributed by atoms with van der Waals surface area (Å²) in [6, 6.07) is 5.58. The number of anilines is 2. The first kappa shape index (κ1) is 6.93. The van der Waals surface area contributed by atoms with Gasteiger partial charge in [0.1, 0.15) is 0 Å². The highest BCUT2D eigenvalue weighted by Crippen LogP contribution is 2.15. The molecule has 1 aromatic rings. The van der Waals surface area contributed by atoms with Gasteiger partial charge in [0.15, 0.2) is 0 Å². The molecule has 1 radical (unpaired) electrons. The summed E-state index contributed by atoms with van der Waals surface area (Å²) in [6.07, 6.45) is 0.754. The van der Waals surface area contributed by atoms with E-state index < -0.39 is 0 Å². The van der Waals surface area contributed by atoms with Crippen molar-refractivity contribution in [1.29, 1.82) is 0 Å². The molecule has 2 heteroatoms. The summed E-state index contributed by atoms with van der Waals surface area (Å²) in [6.45, 7) is 3.73. The van der Waals surface area contributed by atoms with Crippen LogP contribution >= 0.6 is 0 Å². The van der Waals surface area contributed by atoms with Crippen LogP contribution < -0.4 is 11.5 Å². The van der Waals surface area contributed by atoms with Gasteiger partial charge < -0.3 is 11.5 Å². The molecule has 2 nitrogen and oxygen atoms in total. The smallest absolute Gasteiger partial charge is 0.0550 e. The van der Waals surface area contributed by atoms with Gasteiger partial charge in [-0.2, -0.15) is 0 Å². The lowest BCUT2D eigenvalue weighted by Gasteiger charge is -2.00. The summed E-state index contributed by atoms with van der Waals surface area (Å²) in [5.74, 6) is 0. The van der Waals surface area contributed by atoms with Gasteiger partial charge >= 0.3 is 0 Å². The molecule has 0 heterocycles. The maximum absolute atomic E-state index is 5.54. The summed E-state index contributed by atoms with van der Waals surface area (Å²) >= 11 is 0. The van der Waals surface area contributed by atoms with E-state index in [9.17, 15) is 0 Å². The van der Waals surface area contributed by atoms with Crippen LogP contribution in [-0.2, 0) is 6.42 Å². The SMILES string of the molecule is [CH2]Cc1ccc(N)c(N)c1. The molecule has 4 N–H and O–H groups in total. The Morgan fingerprint density at radius 3 is 2.40 bits per heavy atom. The number of nitrogens with two attached hydrogens (primary N) is 2. The number of rotatable bonds is 1. The molecule has 0 fully saturated rings. The van der Waals surface area contributed by atoms with Crippen molar-refractivity contribution in [3.8, 4) is 0 Å². The van der Waals surface area contributed by atoms with E-state index >= 15 is 0 Å². The Bertz CT molecular complexity index is 231. The van der Waals surface area contributed by atoms with Crippen LogP contribution in [0.2, 0.25) is 0 Å². The monoisotopic (exact) mass is 135 g/mol. The van der Waals surface area contributed by atoms with Gasteiger partial charge in [0.05, 0.1) is 11.4 Å². The molecule has 0 amide bonds. The van der Waals surface area contributed by atoms with Crippen LogP contribution in [0.3, 0.4) is 0 Å². The standard InChI is InChI=1S/C8H11N2/c1-2-6-3-4-7(9)8(10)5-6/h3-5H,1-2,9-10H2. The van der Waals surface area contributed by atoms with Gasteiger partial charge in [0.2, 0.25) is 0 Å². The number of hydrogen-bond donors (Lipinski definition) is 2. The van der Waals surface area contributed by atoms with Gasteiger partial charge in [-0.25, -0.2) is 0 Å². The van der Waals surface area contributed by atoms with E-state index in [1.807, 2.05) is 12.1 Å². The van der Waals surface area contributed by atoms with Crippen molar-refractivity contribution in [3.63, 3.8) is 0 Å². The second-order valence-electron chi connectivity index (χ2n) is 2.21. The average molecular weight is 135 g/mol. The third kappa shape index (κ3) is 1.21. The molecule has 0 aliphatic carbocycles. The van der Waals surface area contributed by atoms with Crippen molar-refractivity contribution in [3.05, 3.63) is 30.7 Å². The van der Waals surface area contributed by atoms with E-state index in [0.29, 0.717) is 11.4 Å². The Hall–Kier alpha value is -1.18. The highest BCUT2D eigenvalue weighted by molar-refractivity contribution is 5.63. The van der Waals surface area contributed by atoms with Gasteiger partial charge in [-0.05, 0) is 31.0 Å². The lowest BCUT2D eigenvalue weighted by Crippen LogP contribution is -1.94. The molecule has 0 atom stereocenters. The quantitative estimate of drug-likeness (QED) is 0.569. The first-order chi connectivity index (χ1) is 4.74. The zero-order valence-corrected chi connectivity index (χ0v) is 5.80. The molecule has 0 aliphatic rings. The third-order valence-electron chi connectivity index (χ3n) is 1.44. The van der Waals surface area contributed by atoms with E-state index in [1.165, 1.54) is 0 Å². The van der Waals surface area contributed by atoms with Gasteiger partial charge in [0.25, 0.3) is 0 Å². The third-order valence-corrected chi connectivity index (χ3v) is 1.44. The second kappa shape index (κ2) is 2.60. The van der Waals surface area contributed by atoms with Crippen molar-refractivity contribution in [2.45, 2.75) is 6.42 Å². The van der Waals surface area contributed by atoms with Gasteiger partial charge in [-0.3, -0.25) is 0 Å². The normalized spacial score (nSPS) is 9.70. The fraction of sp³-hybridized carbons (Fsp3) is 0.125. The van der Waals surface area contributed by atoms with E-state index in [-0.39, 0.29) is 0 Å². The first-order valence-electron chi connectivity index (χ1n) is 3.17. The van der Waals surface area contributed by atoms with Crippen LogP contribution in [0.5, 0.6) is 0 Å². The molecule has 0 bridgehead atoms. The highest BCUT2D eigenvalue weighted by Gasteiger charge is 1.93. The van der Waals surface area contributed by atoms with Crippen molar-refractivity contribution >= 4 is 11.4 Å². The molecular weight excluding hydrogens is 124 g/mol. The minimum absolute atomic E-state index is 0.636. The van der Waals surface area contributed by atoms with E-state index in [4.69, 9.17) is 11.5 Å². The van der Waals surface area contributed by atoms with Crippen molar-refractivity contribution in [1.82, 2.24) is 0 Å². The predicted octanol–water partition coefficient (Wildman–Crippen LogP) is 1.23. The maximum atomic E-state index is 5.54. The summed E-state index contributed by atoms with van der Waals surface area (Å²) in [5, 5.41) is 0. The molecule has 0 saturated carbocycles. The lowest BCUT2D eigenvalue weighted by molar-refractivity contribution is 1.27. The highest BCUT2D eigenvalue weighted by atomic mass is 14.7. The largest absolute Gasteiger partial charge is 0.397 e. The number of benzene rings is 1. The Morgan fingerprint density at radius 1 is 1.20 bits per heavy atom. The summed E-state index contributed by atoms with van der Waals surface area (Å²) in [5.41, 5.74) is 13.4. The van der Waals surface area contributed by atoms with Crippen molar-refractivity contribution in [2.75, 3.05) is 11.5 Å². The minimum atomic E-state index is 0.636. The molecular formula is C8H11N2. The maximum Gasteiger partial charge on any atom is 0.0550 e. The van der Waals surface area contributed by atoms with Crippen molar-refractivity contribution < 1.29 is 0 Å². The topological polar surface area (TPSA) is 52.0 Å². The van der Waals surface area contributed by atoms with Crippen LogP contribution in [0.1, 0.15) is 5.56 Å². The van der Waals surface area contributed by atoms with Crippen LogP contribution in [-0.4, -0.2) is 0 Å². The fourth-order valence-electron chi connectivity index (χ4n) is 0.780. The molecule has 53 valence electrons. The van der Waals surface area contributed by atoms with Crippen LogP contribution in [0, 0.1) is 6.92 Å². The molecule has 0 aliphatic heterocycles. The zero-order valence-electron chi connectivity index (χ0n) is 5.80. The molecule has 10 heavy (non-hydrogen) atoms. The lowest BCUT2D eigenvalue weighted by atomic mass is 10.1. The molecule has 0 spiro atoms. The van der Waals surface area contributed by atoms with Gasteiger partial charge in [-0.1, -0.05) is 6.07 Å². The molecule has 0 unspecified atom stereocenters. The Kier molecular flexibility index (Phi) is 1.81. The Labute approximate surface area is 60.8 Å². The van der Waals surface area contributed by atoms with Gasteiger partial charge in [-0.15, -0.1) is 0 Å². The Balaban J connectivity index is 3.04. The number of nitrogen functional groups attached to an aromatic ring is 2.